The third-order valence-electron chi connectivity index (χ3n) is 4.02. The Morgan fingerprint density at radius 2 is 1.70 bits per heavy atom. The van der Waals surface area contributed by atoms with Crippen molar-refractivity contribution in [2.24, 2.45) is 0 Å². The predicted molar refractivity (Wildman–Crippen MR) is 105 cm³/mol. The summed E-state index contributed by atoms with van der Waals surface area (Å²) in [6.45, 7) is 4.68. The van der Waals surface area contributed by atoms with Crippen LogP contribution >= 0.6 is 0 Å². The van der Waals surface area contributed by atoms with Crippen LogP contribution in [0, 0.1) is 0 Å². The van der Waals surface area contributed by atoms with Gasteiger partial charge in [-0.1, -0.05) is 19.1 Å². The number of aryl methyl sites for hydroxylation is 1. The summed E-state index contributed by atoms with van der Waals surface area (Å²) in [5.74, 6) is 0.210. The van der Waals surface area contributed by atoms with Gasteiger partial charge in [-0.05, 0) is 55.3 Å². The largest absolute Gasteiger partial charge is 0.481 e. The topological polar surface area (TPSA) is 76.7 Å². The van der Waals surface area contributed by atoms with E-state index in [1.807, 2.05) is 24.3 Å². The number of methoxy groups -OCH3 is 1. The first kappa shape index (κ1) is 20.5. The number of hydrogen-bond donors (Lipinski definition) is 2. The van der Waals surface area contributed by atoms with Crippen LogP contribution in [-0.2, 0) is 16.0 Å². The zero-order chi connectivity index (χ0) is 19.6. The van der Waals surface area contributed by atoms with Crippen molar-refractivity contribution in [2.75, 3.05) is 25.6 Å². The molecule has 2 N–H and O–H groups in total. The maximum atomic E-state index is 12.3. The van der Waals surface area contributed by atoms with Gasteiger partial charge in [0.25, 0.3) is 11.8 Å². The van der Waals surface area contributed by atoms with Crippen molar-refractivity contribution in [3.63, 3.8) is 0 Å². The van der Waals surface area contributed by atoms with Crippen LogP contribution in [0.15, 0.2) is 48.5 Å². The number of rotatable bonds is 9. The summed E-state index contributed by atoms with van der Waals surface area (Å²) in [7, 11) is 1.58. The Kier molecular flexibility index (Phi) is 7.82. The molecule has 6 heteroatoms. The monoisotopic (exact) mass is 370 g/mol. The third kappa shape index (κ3) is 6.42. The number of carbonyl (C=O) groups excluding carboxylic acids is 2. The maximum Gasteiger partial charge on any atom is 0.265 e. The molecule has 27 heavy (non-hydrogen) atoms. The first-order valence-corrected chi connectivity index (χ1v) is 8.97. The number of hydrogen-bond acceptors (Lipinski definition) is 4. The fraction of sp³-hybridized carbons (Fsp3) is 0.333. The van der Waals surface area contributed by atoms with Crippen molar-refractivity contribution >= 4 is 17.5 Å². The molecule has 6 nitrogen and oxygen atoms in total. The molecule has 0 spiro atoms. The van der Waals surface area contributed by atoms with E-state index in [1.54, 1.807) is 38.3 Å². The lowest BCUT2D eigenvalue weighted by Crippen LogP contribution is -2.30. The van der Waals surface area contributed by atoms with E-state index in [0.29, 0.717) is 30.2 Å². The molecule has 2 aromatic rings. The molecule has 0 heterocycles. The number of amides is 2. The molecule has 1 atom stereocenters. The number of benzene rings is 2. The van der Waals surface area contributed by atoms with Crippen molar-refractivity contribution in [1.29, 1.82) is 0 Å². The van der Waals surface area contributed by atoms with Gasteiger partial charge in [-0.3, -0.25) is 9.59 Å². The van der Waals surface area contributed by atoms with Gasteiger partial charge in [-0.15, -0.1) is 0 Å². The molecule has 0 aliphatic carbocycles. The molecule has 0 bridgehead atoms. The van der Waals surface area contributed by atoms with E-state index >= 15 is 0 Å². The average molecular weight is 370 g/mol. The minimum Gasteiger partial charge on any atom is -0.481 e. The summed E-state index contributed by atoms with van der Waals surface area (Å²) in [5, 5.41) is 5.53. The Hall–Kier alpha value is -2.86. The minimum atomic E-state index is -0.644. The van der Waals surface area contributed by atoms with Crippen LogP contribution in [0.25, 0.3) is 0 Å². The molecule has 0 fully saturated rings. The molecule has 2 rings (SSSR count). The van der Waals surface area contributed by atoms with E-state index < -0.39 is 6.10 Å². The molecule has 0 aliphatic rings. The molecule has 2 amide bonds. The first-order chi connectivity index (χ1) is 13.0. The van der Waals surface area contributed by atoms with Crippen LogP contribution in [0.2, 0.25) is 0 Å². The van der Waals surface area contributed by atoms with Gasteiger partial charge in [0.05, 0.1) is 6.61 Å². The summed E-state index contributed by atoms with van der Waals surface area (Å²) in [6.07, 6.45) is 0.311. The second kappa shape index (κ2) is 10.3. The molecule has 2 aromatic carbocycles. The molecular weight excluding hydrogens is 344 g/mol. The van der Waals surface area contributed by atoms with Crippen LogP contribution in [0.3, 0.4) is 0 Å². The second-order valence-electron chi connectivity index (χ2n) is 6.07. The van der Waals surface area contributed by atoms with E-state index in [4.69, 9.17) is 9.47 Å². The normalized spacial score (nSPS) is 11.5. The van der Waals surface area contributed by atoms with Crippen LogP contribution in [-0.4, -0.2) is 38.2 Å². The number of ether oxygens (including phenoxy) is 2. The van der Waals surface area contributed by atoms with Crippen molar-refractivity contribution in [1.82, 2.24) is 5.32 Å². The molecule has 0 saturated carbocycles. The molecule has 0 saturated heterocycles. The lowest BCUT2D eigenvalue weighted by Gasteiger charge is -2.15. The Morgan fingerprint density at radius 3 is 2.30 bits per heavy atom. The summed E-state index contributed by atoms with van der Waals surface area (Å²) >= 11 is 0. The van der Waals surface area contributed by atoms with Crippen LogP contribution in [0.4, 0.5) is 5.69 Å². The molecule has 1 unspecified atom stereocenters. The van der Waals surface area contributed by atoms with Gasteiger partial charge in [0, 0.05) is 24.9 Å². The van der Waals surface area contributed by atoms with Crippen molar-refractivity contribution in [3.8, 4) is 5.75 Å². The van der Waals surface area contributed by atoms with E-state index in [1.165, 1.54) is 5.56 Å². The fourth-order valence-corrected chi connectivity index (χ4v) is 2.38. The molecule has 0 radical (unpaired) electrons. The van der Waals surface area contributed by atoms with Crippen molar-refractivity contribution in [2.45, 2.75) is 26.4 Å². The van der Waals surface area contributed by atoms with Crippen LogP contribution in [0.5, 0.6) is 5.75 Å². The van der Waals surface area contributed by atoms with Crippen LogP contribution in [0.1, 0.15) is 29.8 Å². The SMILES string of the molecule is CCc1ccc(OC(C)C(=O)Nc2ccc(C(=O)NCCOC)cc2)cc1. The van der Waals surface area contributed by atoms with Gasteiger partial charge in [0.2, 0.25) is 0 Å². The second-order valence-corrected chi connectivity index (χ2v) is 6.07. The Morgan fingerprint density at radius 1 is 1.04 bits per heavy atom. The van der Waals surface area contributed by atoms with Gasteiger partial charge < -0.3 is 20.1 Å². The highest BCUT2D eigenvalue weighted by Crippen LogP contribution is 2.15. The number of anilines is 1. The lowest BCUT2D eigenvalue weighted by atomic mass is 10.2. The van der Waals surface area contributed by atoms with E-state index in [9.17, 15) is 9.59 Å². The van der Waals surface area contributed by atoms with E-state index in [2.05, 4.69) is 17.6 Å². The standard InChI is InChI=1S/C21H26N2O4/c1-4-16-5-11-19(12-6-16)27-15(2)20(24)23-18-9-7-17(8-10-18)21(25)22-13-14-26-3/h5-12,15H,4,13-14H2,1-3H3,(H,22,25)(H,23,24). The highest BCUT2D eigenvalue weighted by Gasteiger charge is 2.15. The lowest BCUT2D eigenvalue weighted by molar-refractivity contribution is -0.122. The van der Waals surface area contributed by atoms with E-state index in [-0.39, 0.29) is 11.8 Å². The first-order valence-electron chi connectivity index (χ1n) is 8.97. The average Bonchev–Trinajstić information content (AvgIpc) is 2.69. The summed E-state index contributed by atoms with van der Waals surface area (Å²) < 4.78 is 10.6. The van der Waals surface area contributed by atoms with Gasteiger partial charge in [-0.25, -0.2) is 0 Å². The van der Waals surface area contributed by atoms with Crippen LogP contribution < -0.4 is 15.4 Å². The number of carbonyl (C=O) groups is 2. The summed E-state index contributed by atoms with van der Waals surface area (Å²) in [5.41, 5.74) is 2.33. The smallest absolute Gasteiger partial charge is 0.265 e. The van der Waals surface area contributed by atoms with Gasteiger partial charge in [0.1, 0.15) is 5.75 Å². The summed E-state index contributed by atoms with van der Waals surface area (Å²) in [6, 6.07) is 14.4. The van der Waals surface area contributed by atoms with Gasteiger partial charge in [0.15, 0.2) is 6.10 Å². The van der Waals surface area contributed by atoms with Gasteiger partial charge in [-0.2, -0.15) is 0 Å². The van der Waals surface area contributed by atoms with Crippen molar-refractivity contribution in [3.05, 3.63) is 59.7 Å². The molecule has 144 valence electrons. The zero-order valence-electron chi connectivity index (χ0n) is 16.0. The highest BCUT2D eigenvalue weighted by molar-refractivity contribution is 5.96. The zero-order valence-corrected chi connectivity index (χ0v) is 16.0. The molecule has 0 aliphatic heterocycles. The molecule has 0 aromatic heterocycles. The summed E-state index contributed by atoms with van der Waals surface area (Å²) in [4.78, 5) is 24.2. The number of nitrogens with one attached hydrogen (secondary N) is 2. The van der Waals surface area contributed by atoms with Crippen molar-refractivity contribution < 1.29 is 19.1 Å². The quantitative estimate of drug-likeness (QED) is 0.665. The Bertz CT molecular complexity index is 742. The fourth-order valence-electron chi connectivity index (χ4n) is 2.38. The Balaban J connectivity index is 1.87. The molecular formula is C21H26N2O4. The predicted octanol–water partition coefficient (Wildman–Crippen LogP) is 3.03. The van der Waals surface area contributed by atoms with E-state index in [0.717, 1.165) is 6.42 Å². The maximum absolute atomic E-state index is 12.3. The van der Waals surface area contributed by atoms with Gasteiger partial charge >= 0.3 is 0 Å². The highest BCUT2D eigenvalue weighted by atomic mass is 16.5. The Labute approximate surface area is 159 Å². The third-order valence-corrected chi connectivity index (χ3v) is 4.02. The minimum absolute atomic E-state index is 0.183.